The number of nitrogens with one attached hydrogen (secondary N) is 2. The Hall–Kier alpha value is -1.97. The molecular formula is C10H12N2O6S. The molecule has 0 aliphatic rings. The zero-order valence-corrected chi connectivity index (χ0v) is 10.7. The molecule has 0 aromatic heterocycles. The van der Waals surface area contributed by atoms with E-state index >= 15 is 0 Å². The number of sulfonamides is 1. The molecule has 1 aromatic rings. The fourth-order valence-electron chi connectivity index (χ4n) is 1.15. The molecule has 0 aliphatic heterocycles. The number of carboxylic acids is 1. The van der Waals surface area contributed by atoms with Crippen LogP contribution in [-0.2, 0) is 19.7 Å². The fraction of sp³-hybridized carbons (Fsp3) is 0.200. The van der Waals surface area contributed by atoms with Crippen molar-refractivity contribution in [1.29, 1.82) is 0 Å². The summed E-state index contributed by atoms with van der Waals surface area (Å²) in [7, 11) is -2.52. The van der Waals surface area contributed by atoms with E-state index in [2.05, 4.69) is 10.2 Å². The van der Waals surface area contributed by atoms with E-state index in [0.29, 0.717) is 5.56 Å². The highest BCUT2D eigenvalue weighted by molar-refractivity contribution is 7.89. The lowest BCUT2D eigenvalue weighted by atomic mass is 10.2. The van der Waals surface area contributed by atoms with Crippen molar-refractivity contribution in [2.24, 2.45) is 0 Å². The van der Waals surface area contributed by atoms with Crippen molar-refractivity contribution in [1.82, 2.24) is 10.2 Å². The summed E-state index contributed by atoms with van der Waals surface area (Å²) in [6, 6.07) is 5.06. The summed E-state index contributed by atoms with van der Waals surface area (Å²) < 4.78 is 23.3. The zero-order chi connectivity index (χ0) is 14.5. The lowest BCUT2D eigenvalue weighted by Crippen LogP contribution is -2.27. The highest BCUT2D eigenvalue weighted by atomic mass is 32.2. The Morgan fingerprint density at radius 3 is 2.32 bits per heavy atom. The first-order chi connectivity index (χ1) is 8.86. The third kappa shape index (κ3) is 4.32. The van der Waals surface area contributed by atoms with Crippen LogP contribution in [0, 0.1) is 0 Å². The van der Waals surface area contributed by atoms with E-state index in [-0.39, 0.29) is 10.8 Å². The van der Waals surface area contributed by atoms with E-state index in [0.717, 1.165) is 0 Å². The normalized spacial score (nSPS) is 11.0. The van der Waals surface area contributed by atoms with Crippen molar-refractivity contribution >= 4 is 21.9 Å². The number of hydrogen-bond donors (Lipinski definition) is 3. The van der Waals surface area contributed by atoms with Gasteiger partial charge < -0.3 is 10.4 Å². The van der Waals surface area contributed by atoms with Crippen LogP contribution in [0.1, 0.15) is 10.4 Å². The average molecular weight is 288 g/mol. The Kier molecular flexibility index (Phi) is 4.98. The molecule has 1 amide bonds. The number of rotatable bonds is 6. The van der Waals surface area contributed by atoms with E-state index < -0.39 is 22.6 Å². The van der Waals surface area contributed by atoms with Crippen LogP contribution >= 0.6 is 0 Å². The highest BCUT2D eigenvalue weighted by Gasteiger charge is 2.15. The second kappa shape index (κ2) is 6.27. The maximum absolute atomic E-state index is 11.6. The van der Waals surface area contributed by atoms with Gasteiger partial charge in [0.1, 0.15) is 0 Å². The summed E-state index contributed by atoms with van der Waals surface area (Å²) in [5.41, 5.74) is 0.299. The van der Waals surface area contributed by atoms with Crippen LogP contribution in [0.25, 0.3) is 0 Å². The summed E-state index contributed by atoms with van der Waals surface area (Å²) in [6.07, 6.45) is 0. The Bertz CT molecular complexity index is 566. The lowest BCUT2D eigenvalue weighted by Gasteiger charge is -2.06. The number of amides is 1. The van der Waals surface area contributed by atoms with Crippen LogP contribution in [0.4, 0.5) is 0 Å². The molecule has 1 aromatic carbocycles. The number of benzene rings is 1. The predicted octanol–water partition coefficient (Wildman–Crippen LogP) is -0.659. The maximum Gasteiger partial charge on any atom is 0.331 e. The third-order valence-electron chi connectivity index (χ3n) is 2.02. The summed E-state index contributed by atoms with van der Waals surface area (Å²) in [5.74, 6) is -1.66. The molecule has 0 saturated heterocycles. The van der Waals surface area contributed by atoms with Gasteiger partial charge in [-0.05, 0) is 24.3 Å². The number of hydrogen-bond acceptors (Lipinski definition) is 5. The molecule has 1 rings (SSSR count). The first-order valence-electron chi connectivity index (χ1n) is 5.04. The molecule has 0 radical (unpaired) electrons. The Balaban J connectivity index is 2.79. The largest absolute Gasteiger partial charge is 0.479 e. The standard InChI is InChI=1S/C10H12N2O6S/c1-11-10(15)7-2-4-8(5-3-7)19(16,17)12-18-6-9(13)14/h2-5,12H,6H2,1H3,(H,11,15)(H,13,14). The number of carbonyl (C=O) groups is 2. The molecule has 9 heteroatoms. The molecule has 0 fully saturated rings. The van der Waals surface area contributed by atoms with Crippen molar-refractivity contribution in [3.63, 3.8) is 0 Å². The second-order valence-electron chi connectivity index (χ2n) is 3.37. The summed E-state index contributed by atoms with van der Waals surface area (Å²) in [4.78, 5) is 27.2. The highest BCUT2D eigenvalue weighted by Crippen LogP contribution is 2.10. The van der Waals surface area contributed by atoms with Gasteiger partial charge >= 0.3 is 5.97 Å². The molecule has 0 aliphatic carbocycles. The minimum atomic E-state index is -3.97. The van der Waals surface area contributed by atoms with Gasteiger partial charge in [0.15, 0.2) is 6.61 Å². The van der Waals surface area contributed by atoms with E-state index in [4.69, 9.17) is 5.11 Å². The topological polar surface area (TPSA) is 122 Å². The molecule has 19 heavy (non-hydrogen) atoms. The monoisotopic (exact) mass is 288 g/mol. The second-order valence-corrected chi connectivity index (χ2v) is 5.02. The quantitative estimate of drug-likeness (QED) is 0.597. The van der Waals surface area contributed by atoms with Gasteiger partial charge in [-0.3, -0.25) is 9.63 Å². The molecule has 0 unspecified atom stereocenters. The number of aliphatic carboxylic acids is 1. The summed E-state index contributed by atoms with van der Waals surface area (Å²) in [6.45, 7) is -0.796. The number of carboxylic acid groups (broad SMARTS) is 1. The molecule has 8 nitrogen and oxygen atoms in total. The van der Waals surface area contributed by atoms with Gasteiger partial charge in [-0.15, -0.1) is 0 Å². The molecule has 0 atom stereocenters. The van der Waals surface area contributed by atoms with Crippen molar-refractivity contribution in [2.45, 2.75) is 4.90 Å². The molecular weight excluding hydrogens is 276 g/mol. The van der Waals surface area contributed by atoms with Crippen molar-refractivity contribution in [3.8, 4) is 0 Å². The van der Waals surface area contributed by atoms with Crippen LogP contribution in [0.2, 0.25) is 0 Å². The molecule has 3 N–H and O–H groups in total. The first-order valence-corrected chi connectivity index (χ1v) is 6.52. The third-order valence-corrected chi connectivity index (χ3v) is 3.25. The smallest absolute Gasteiger partial charge is 0.331 e. The van der Waals surface area contributed by atoms with Gasteiger partial charge in [0.2, 0.25) is 0 Å². The Morgan fingerprint density at radius 1 is 1.26 bits per heavy atom. The first kappa shape index (κ1) is 15.1. The fourth-order valence-corrected chi connectivity index (χ4v) is 1.95. The van der Waals surface area contributed by atoms with E-state index in [1.807, 2.05) is 0 Å². The van der Waals surface area contributed by atoms with Gasteiger partial charge in [-0.1, -0.05) is 4.89 Å². The maximum atomic E-state index is 11.6. The summed E-state index contributed by atoms with van der Waals surface area (Å²) >= 11 is 0. The van der Waals surface area contributed by atoms with Crippen molar-refractivity contribution < 1.29 is 28.0 Å². The van der Waals surface area contributed by atoms with E-state index in [1.165, 1.54) is 31.3 Å². The van der Waals surface area contributed by atoms with E-state index in [1.54, 1.807) is 4.89 Å². The summed E-state index contributed by atoms with van der Waals surface area (Å²) in [5, 5.41) is 10.7. The molecule has 0 spiro atoms. The Labute approximate surface area is 109 Å². The van der Waals surface area contributed by atoms with Gasteiger partial charge in [-0.2, -0.15) is 0 Å². The van der Waals surface area contributed by atoms with Crippen LogP contribution in [0.15, 0.2) is 29.2 Å². The SMILES string of the molecule is CNC(=O)c1ccc(S(=O)(=O)NOCC(=O)O)cc1. The van der Waals surface area contributed by atoms with Gasteiger partial charge in [0.25, 0.3) is 15.9 Å². The van der Waals surface area contributed by atoms with Crippen molar-refractivity contribution in [3.05, 3.63) is 29.8 Å². The van der Waals surface area contributed by atoms with Crippen molar-refractivity contribution in [2.75, 3.05) is 13.7 Å². The van der Waals surface area contributed by atoms with Gasteiger partial charge in [0, 0.05) is 12.6 Å². The van der Waals surface area contributed by atoms with Gasteiger partial charge in [-0.25, -0.2) is 13.2 Å². The zero-order valence-electron chi connectivity index (χ0n) is 9.91. The minimum absolute atomic E-state index is 0.148. The van der Waals surface area contributed by atoms with Crippen LogP contribution < -0.4 is 10.2 Å². The molecule has 0 heterocycles. The minimum Gasteiger partial charge on any atom is -0.479 e. The van der Waals surface area contributed by atoms with Crippen LogP contribution in [0.5, 0.6) is 0 Å². The average Bonchev–Trinajstić information content (AvgIpc) is 2.37. The van der Waals surface area contributed by atoms with E-state index in [9.17, 15) is 18.0 Å². The van der Waals surface area contributed by atoms with Crippen LogP contribution in [-0.4, -0.2) is 39.1 Å². The van der Waals surface area contributed by atoms with Gasteiger partial charge in [0.05, 0.1) is 4.90 Å². The molecule has 0 saturated carbocycles. The lowest BCUT2D eigenvalue weighted by molar-refractivity contribution is -0.143. The Morgan fingerprint density at radius 2 is 1.84 bits per heavy atom. The number of carbonyl (C=O) groups excluding carboxylic acids is 1. The predicted molar refractivity (Wildman–Crippen MR) is 63.7 cm³/mol. The molecule has 0 bridgehead atoms. The van der Waals surface area contributed by atoms with Crippen LogP contribution in [0.3, 0.4) is 0 Å². The molecule has 104 valence electrons.